The number of anilines is 2. The second-order valence-electron chi connectivity index (χ2n) is 8.71. The molecule has 0 heterocycles. The van der Waals surface area contributed by atoms with Crippen molar-refractivity contribution in [2.75, 3.05) is 31.3 Å². The summed E-state index contributed by atoms with van der Waals surface area (Å²) in [5, 5.41) is 5.85. The van der Waals surface area contributed by atoms with E-state index < -0.39 is 0 Å². The number of carbonyl (C=O) groups is 2. The van der Waals surface area contributed by atoms with Gasteiger partial charge in [-0.1, -0.05) is 24.3 Å². The van der Waals surface area contributed by atoms with E-state index in [0.717, 1.165) is 25.1 Å². The summed E-state index contributed by atoms with van der Waals surface area (Å²) in [6, 6.07) is 22.2. The lowest BCUT2D eigenvalue weighted by molar-refractivity contribution is 0.102. The zero-order valence-electron chi connectivity index (χ0n) is 18.6. The average molecular weight is 428 g/mol. The first kappa shape index (κ1) is 21.8. The minimum Gasteiger partial charge on any atom is -0.322 e. The smallest absolute Gasteiger partial charge is 0.255 e. The van der Waals surface area contributed by atoms with Gasteiger partial charge in [0.15, 0.2) is 0 Å². The van der Waals surface area contributed by atoms with Crippen molar-refractivity contribution in [3.8, 4) is 0 Å². The van der Waals surface area contributed by atoms with E-state index in [0.29, 0.717) is 22.7 Å². The van der Waals surface area contributed by atoms with Gasteiger partial charge in [-0.3, -0.25) is 9.59 Å². The Morgan fingerprint density at radius 2 is 1.44 bits per heavy atom. The van der Waals surface area contributed by atoms with Gasteiger partial charge in [-0.2, -0.15) is 0 Å². The van der Waals surface area contributed by atoms with Gasteiger partial charge in [0, 0.05) is 29.0 Å². The normalized spacial score (nSPS) is 15.2. The lowest BCUT2D eigenvalue weighted by atomic mass is 9.83. The van der Waals surface area contributed by atoms with Crippen molar-refractivity contribution < 1.29 is 9.59 Å². The molecule has 0 fully saturated rings. The van der Waals surface area contributed by atoms with Crippen LogP contribution in [-0.2, 0) is 12.8 Å². The van der Waals surface area contributed by atoms with Gasteiger partial charge >= 0.3 is 0 Å². The molecule has 0 aromatic heterocycles. The third kappa shape index (κ3) is 5.42. The van der Waals surface area contributed by atoms with E-state index >= 15 is 0 Å². The van der Waals surface area contributed by atoms with Crippen LogP contribution in [0.5, 0.6) is 0 Å². The Kier molecular flexibility index (Phi) is 6.66. The summed E-state index contributed by atoms with van der Waals surface area (Å²) in [5.41, 5.74) is 5.33. The predicted molar refractivity (Wildman–Crippen MR) is 129 cm³/mol. The maximum absolute atomic E-state index is 12.7. The molecule has 1 aliphatic rings. The van der Waals surface area contributed by atoms with Crippen LogP contribution in [0.15, 0.2) is 72.8 Å². The fraction of sp³-hybridized carbons (Fsp3) is 0.259. The number of hydrogen-bond acceptors (Lipinski definition) is 3. The van der Waals surface area contributed by atoms with Gasteiger partial charge in [-0.05, 0) is 98.9 Å². The lowest BCUT2D eigenvalue weighted by Gasteiger charge is -2.27. The van der Waals surface area contributed by atoms with Crippen LogP contribution in [0.2, 0.25) is 0 Å². The molecule has 3 aromatic rings. The maximum Gasteiger partial charge on any atom is 0.255 e. The van der Waals surface area contributed by atoms with Gasteiger partial charge in [-0.25, -0.2) is 0 Å². The van der Waals surface area contributed by atoms with E-state index in [1.807, 2.05) is 24.3 Å². The number of nitrogens with zero attached hydrogens (tertiary/aromatic N) is 1. The quantitative estimate of drug-likeness (QED) is 0.591. The number of aryl methyl sites for hydroxylation is 1. The molecule has 3 aromatic carbocycles. The molecular formula is C27H29N3O2. The summed E-state index contributed by atoms with van der Waals surface area (Å²) < 4.78 is 0. The molecule has 2 N–H and O–H groups in total. The summed E-state index contributed by atoms with van der Waals surface area (Å²) in [6.45, 7) is 1.11. The molecule has 5 heteroatoms. The van der Waals surface area contributed by atoms with Crippen molar-refractivity contribution in [3.05, 3.63) is 95.1 Å². The van der Waals surface area contributed by atoms with Crippen LogP contribution in [0.3, 0.4) is 0 Å². The third-order valence-electron chi connectivity index (χ3n) is 5.86. The molecular weight excluding hydrogens is 398 g/mol. The highest BCUT2D eigenvalue weighted by Gasteiger charge is 2.19. The van der Waals surface area contributed by atoms with Crippen LogP contribution in [0.25, 0.3) is 0 Å². The van der Waals surface area contributed by atoms with E-state index in [1.54, 1.807) is 36.4 Å². The number of fused-ring (bicyclic) bond motifs is 1. The standard InChI is InChI=1S/C27H29N3O2/c1-30(2)18-19-8-9-23-17-25(15-12-22(23)16-19)29-27(32)21-10-13-24(14-11-21)28-26(31)20-6-4-3-5-7-20/h3-7,10-15,17,19H,8-9,16,18H2,1-2H3,(H,28,31)(H,29,32). The molecule has 4 rings (SSSR count). The number of amides is 2. The fourth-order valence-corrected chi connectivity index (χ4v) is 4.28. The zero-order valence-corrected chi connectivity index (χ0v) is 18.6. The second kappa shape index (κ2) is 9.79. The van der Waals surface area contributed by atoms with Crippen molar-refractivity contribution >= 4 is 23.2 Å². The summed E-state index contributed by atoms with van der Waals surface area (Å²) >= 11 is 0. The van der Waals surface area contributed by atoms with Crippen molar-refractivity contribution in [2.45, 2.75) is 19.3 Å². The van der Waals surface area contributed by atoms with E-state index in [9.17, 15) is 9.59 Å². The van der Waals surface area contributed by atoms with Gasteiger partial charge < -0.3 is 15.5 Å². The first-order valence-electron chi connectivity index (χ1n) is 11.0. The molecule has 0 aliphatic heterocycles. The maximum atomic E-state index is 12.7. The minimum absolute atomic E-state index is 0.160. The molecule has 1 atom stereocenters. The number of nitrogens with one attached hydrogen (secondary N) is 2. The van der Waals surface area contributed by atoms with E-state index in [2.05, 4.69) is 41.8 Å². The van der Waals surface area contributed by atoms with Crippen LogP contribution in [0.1, 0.15) is 38.3 Å². The molecule has 32 heavy (non-hydrogen) atoms. The summed E-state index contributed by atoms with van der Waals surface area (Å²) in [7, 11) is 4.25. The summed E-state index contributed by atoms with van der Waals surface area (Å²) in [5.74, 6) is 0.357. The SMILES string of the molecule is CN(C)CC1CCc2cc(NC(=O)c3ccc(NC(=O)c4ccccc4)cc3)ccc2C1. The monoisotopic (exact) mass is 427 g/mol. The van der Waals surface area contributed by atoms with Crippen LogP contribution in [-0.4, -0.2) is 37.4 Å². The topological polar surface area (TPSA) is 61.4 Å². The van der Waals surface area contributed by atoms with Crippen molar-refractivity contribution in [2.24, 2.45) is 5.92 Å². The number of benzene rings is 3. The average Bonchev–Trinajstić information content (AvgIpc) is 2.80. The van der Waals surface area contributed by atoms with Gasteiger partial charge in [0.1, 0.15) is 0 Å². The van der Waals surface area contributed by atoms with Crippen molar-refractivity contribution in [3.63, 3.8) is 0 Å². The zero-order chi connectivity index (χ0) is 22.5. The molecule has 1 aliphatic carbocycles. The summed E-state index contributed by atoms with van der Waals surface area (Å²) in [4.78, 5) is 27.2. The Hall–Kier alpha value is -3.44. The second-order valence-corrected chi connectivity index (χ2v) is 8.71. The summed E-state index contributed by atoms with van der Waals surface area (Å²) in [6.07, 6.45) is 3.32. The molecule has 2 amide bonds. The molecule has 1 unspecified atom stereocenters. The molecule has 0 bridgehead atoms. The highest BCUT2D eigenvalue weighted by molar-refractivity contribution is 6.06. The fourth-order valence-electron chi connectivity index (χ4n) is 4.28. The van der Waals surface area contributed by atoms with Gasteiger partial charge in [0.05, 0.1) is 0 Å². The van der Waals surface area contributed by atoms with E-state index in [4.69, 9.17) is 0 Å². The lowest BCUT2D eigenvalue weighted by Crippen LogP contribution is -2.26. The van der Waals surface area contributed by atoms with Gasteiger partial charge in [-0.15, -0.1) is 0 Å². The van der Waals surface area contributed by atoms with Crippen LogP contribution in [0.4, 0.5) is 11.4 Å². The largest absolute Gasteiger partial charge is 0.322 e. The highest BCUT2D eigenvalue weighted by atomic mass is 16.2. The van der Waals surface area contributed by atoms with Crippen molar-refractivity contribution in [1.29, 1.82) is 0 Å². The van der Waals surface area contributed by atoms with Crippen LogP contribution < -0.4 is 10.6 Å². The van der Waals surface area contributed by atoms with E-state index in [1.165, 1.54) is 17.5 Å². The molecule has 0 saturated heterocycles. The molecule has 5 nitrogen and oxygen atoms in total. The molecule has 0 radical (unpaired) electrons. The Morgan fingerprint density at radius 1 is 0.812 bits per heavy atom. The Morgan fingerprint density at radius 3 is 2.12 bits per heavy atom. The van der Waals surface area contributed by atoms with Crippen LogP contribution >= 0.6 is 0 Å². The first-order valence-corrected chi connectivity index (χ1v) is 11.0. The Bertz CT molecular complexity index is 1090. The number of carbonyl (C=O) groups excluding carboxylic acids is 2. The highest BCUT2D eigenvalue weighted by Crippen LogP contribution is 2.28. The number of rotatable bonds is 6. The molecule has 0 spiro atoms. The number of hydrogen-bond donors (Lipinski definition) is 2. The Balaban J connectivity index is 1.36. The van der Waals surface area contributed by atoms with Gasteiger partial charge in [0.25, 0.3) is 11.8 Å². The Labute approximate surface area is 189 Å². The minimum atomic E-state index is -0.176. The molecule has 164 valence electrons. The third-order valence-corrected chi connectivity index (χ3v) is 5.86. The van der Waals surface area contributed by atoms with Crippen LogP contribution in [0, 0.1) is 5.92 Å². The van der Waals surface area contributed by atoms with Gasteiger partial charge in [0.2, 0.25) is 0 Å². The first-order chi connectivity index (χ1) is 15.5. The van der Waals surface area contributed by atoms with Crippen molar-refractivity contribution in [1.82, 2.24) is 4.90 Å². The predicted octanol–water partition coefficient (Wildman–Crippen LogP) is 4.86. The molecule has 0 saturated carbocycles. The van der Waals surface area contributed by atoms with E-state index in [-0.39, 0.29) is 11.8 Å².